The molecule has 1 heterocycles. The molecule has 5 heteroatoms. The SMILES string of the molecule is C=C(C)CNC(=S)N1CCN(c2ccc(F)cc2)CC1. The Morgan fingerprint density at radius 2 is 1.85 bits per heavy atom. The van der Waals surface area contributed by atoms with E-state index in [1.807, 2.05) is 19.1 Å². The molecule has 0 unspecified atom stereocenters. The van der Waals surface area contributed by atoms with Crippen LogP contribution in [0.15, 0.2) is 36.4 Å². The quantitative estimate of drug-likeness (QED) is 0.681. The molecular weight excluding hydrogens is 273 g/mol. The van der Waals surface area contributed by atoms with Gasteiger partial charge in [0.05, 0.1) is 0 Å². The van der Waals surface area contributed by atoms with E-state index in [1.54, 1.807) is 0 Å². The van der Waals surface area contributed by atoms with E-state index in [0.717, 1.165) is 49.1 Å². The third kappa shape index (κ3) is 3.93. The minimum atomic E-state index is -0.197. The van der Waals surface area contributed by atoms with Gasteiger partial charge in [-0.3, -0.25) is 0 Å². The van der Waals surface area contributed by atoms with Crippen LogP contribution in [0.2, 0.25) is 0 Å². The molecule has 0 amide bonds. The molecule has 108 valence electrons. The summed E-state index contributed by atoms with van der Waals surface area (Å²) in [6.07, 6.45) is 0. The molecule has 1 fully saturated rings. The number of rotatable bonds is 3. The Morgan fingerprint density at radius 1 is 1.25 bits per heavy atom. The smallest absolute Gasteiger partial charge is 0.169 e. The number of nitrogens with zero attached hydrogens (tertiary/aromatic N) is 2. The highest BCUT2D eigenvalue weighted by Crippen LogP contribution is 2.16. The fourth-order valence-corrected chi connectivity index (χ4v) is 2.41. The van der Waals surface area contributed by atoms with Crippen LogP contribution in [0.25, 0.3) is 0 Å². The standard InChI is InChI=1S/C15H20FN3S/c1-12(2)11-17-15(20)19-9-7-18(8-10-19)14-5-3-13(16)4-6-14/h3-6H,1,7-11H2,2H3,(H,17,20). The van der Waals surface area contributed by atoms with Crippen molar-refractivity contribution in [1.29, 1.82) is 0 Å². The van der Waals surface area contributed by atoms with Gasteiger partial charge in [0.2, 0.25) is 0 Å². The van der Waals surface area contributed by atoms with Crippen molar-refractivity contribution in [3.05, 3.63) is 42.2 Å². The summed E-state index contributed by atoms with van der Waals surface area (Å²) in [5.41, 5.74) is 2.13. The molecular formula is C15H20FN3S. The van der Waals surface area contributed by atoms with E-state index in [1.165, 1.54) is 12.1 Å². The zero-order valence-electron chi connectivity index (χ0n) is 11.7. The Hall–Kier alpha value is -1.62. The van der Waals surface area contributed by atoms with Gasteiger partial charge in [0.15, 0.2) is 5.11 Å². The maximum Gasteiger partial charge on any atom is 0.169 e. The Labute approximate surface area is 125 Å². The van der Waals surface area contributed by atoms with Crippen molar-refractivity contribution in [2.75, 3.05) is 37.6 Å². The molecule has 1 saturated heterocycles. The van der Waals surface area contributed by atoms with Crippen LogP contribution in [0.1, 0.15) is 6.92 Å². The zero-order valence-corrected chi connectivity index (χ0v) is 12.5. The first-order valence-electron chi connectivity index (χ1n) is 6.74. The molecule has 1 aromatic carbocycles. The van der Waals surface area contributed by atoms with Gasteiger partial charge in [0, 0.05) is 38.4 Å². The normalized spacial score (nSPS) is 15.1. The van der Waals surface area contributed by atoms with Crippen molar-refractivity contribution in [2.45, 2.75) is 6.92 Å². The number of hydrogen-bond acceptors (Lipinski definition) is 2. The first-order chi connectivity index (χ1) is 9.56. The summed E-state index contributed by atoms with van der Waals surface area (Å²) < 4.78 is 12.9. The van der Waals surface area contributed by atoms with Crippen LogP contribution in [0, 0.1) is 5.82 Å². The number of hydrogen-bond donors (Lipinski definition) is 1. The third-order valence-electron chi connectivity index (χ3n) is 3.30. The summed E-state index contributed by atoms with van der Waals surface area (Å²) >= 11 is 5.37. The molecule has 0 radical (unpaired) electrons. The minimum absolute atomic E-state index is 0.197. The van der Waals surface area contributed by atoms with Crippen molar-refractivity contribution in [2.24, 2.45) is 0 Å². The minimum Gasteiger partial charge on any atom is -0.368 e. The molecule has 0 atom stereocenters. The Balaban J connectivity index is 1.84. The van der Waals surface area contributed by atoms with Crippen LogP contribution in [0.5, 0.6) is 0 Å². The van der Waals surface area contributed by atoms with Gasteiger partial charge in [-0.2, -0.15) is 0 Å². The zero-order chi connectivity index (χ0) is 14.5. The van der Waals surface area contributed by atoms with E-state index in [-0.39, 0.29) is 5.82 Å². The highest BCUT2D eigenvalue weighted by molar-refractivity contribution is 7.80. The first-order valence-corrected chi connectivity index (χ1v) is 7.15. The Morgan fingerprint density at radius 3 is 2.40 bits per heavy atom. The average molecular weight is 293 g/mol. The third-order valence-corrected chi connectivity index (χ3v) is 3.70. The number of anilines is 1. The molecule has 0 spiro atoms. The Kier molecular flexibility index (Phi) is 4.95. The van der Waals surface area contributed by atoms with Crippen LogP contribution in [0.3, 0.4) is 0 Å². The number of nitrogens with one attached hydrogen (secondary N) is 1. The fourth-order valence-electron chi connectivity index (χ4n) is 2.16. The molecule has 0 saturated carbocycles. The topological polar surface area (TPSA) is 18.5 Å². The van der Waals surface area contributed by atoms with Crippen LogP contribution < -0.4 is 10.2 Å². The fraction of sp³-hybridized carbons (Fsp3) is 0.400. The summed E-state index contributed by atoms with van der Waals surface area (Å²) in [4.78, 5) is 4.41. The largest absolute Gasteiger partial charge is 0.368 e. The maximum atomic E-state index is 12.9. The molecule has 20 heavy (non-hydrogen) atoms. The van der Waals surface area contributed by atoms with Gasteiger partial charge < -0.3 is 15.1 Å². The van der Waals surface area contributed by atoms with Crippen molar-refractivity contribution >= 4 is 23.0 Å². The number of thiocarbonyl (C=S) groups is 1. The van der Waals surface area contributed by atoms with E-state index in [4.69, 9.17) is 12.2 Å². The van der Waals surface area contributed by atoms with Gasteiger partial charge in [-0.25, -0.2) is 4.39 Å². The highest BCUT2D eigenvalue weighted by Gasteiger charge is 2.18. The van der Waals surface area contributed by atoms with Gasteiger partial charge in [-0.05, 0) is 43.4 Å². The summed E-state index contributed by atoms with van der Waals surface area (Å²) in [5, 5.41) is 3.99. The van der Waals surface area contributed by atoms with Crippen LogP contribution in [0.4, 0.5) is 10.1 Å². The number of benzene rings is 1. The highest BCUT2D eigenvalue weighted by atomic mass is 32.1. The van der Waals surface area contributed by atoms with E-state index < -0.39 is 0 Å². The lowest BCUT2D eigenvalue weighted by Crippen LogP contribution is -2.51. The molecule has 3 nitrogen and oxygen atoms in total. The van der Waals surface area contributed by atoms with Crippen molar-refractivity contribution in [1.82, 2.24) is 10.2 Å². The number of halogens is 1. The van der Waals surface area contributed by atoms with E-state index in [9.17, 15) is 4.39 Å². The molecule has 0 aromatic heterocycles. The van der Waals surface area contributed by atoms with Gasteiger partial charge >= 0.3 is 0 Å². The van der Waals surface area contributed by atoms with Gasteiger partial charge in [-0.15, -0.1) is 0 Å². The Bertz CT molecular complexity index is 478. The summed E-state index contributed by atoms with van der Waals surface area (Å²) in [7, 11) is 0. The molecule has 0 bridgehead atoms. The molecule has 1 N–H and O–H groups in total. The molecule has 1 aromatic rings. The van der Waals surface area contributed by atoms with E-state index in [0.29, 0.717) is 0 Å². The molecule has 2 rings (SSSR count). The summed E-state index contributed by atoms with van der Waals surface area (Å²) in [6.45, 7) is 10.1. The van der Waals surface area contributed by atoms with Crippen LogP contribution in [-0.4, -0.2) is 42.7 Å². The van der Waals surface area contributed by atoms with Crippen molar-refractivity contribution in [3.63, 3.8) is 0 Å². The van der Waals surface area contributed by atoms with E-state index >= 15 is 0 Å². The summed E-state index contributed by atoms with van der Waals surface area (Å²) in [5.74, 6) is -0.197. The maximum absolute atomic E-state index is 12.9. The average Bonchev–Trinajstić information content (AvgIpc) is 2.46. The lowest BCUT2D eigenvalue weighted by atomic mass is 10.2. The second kappa shape index (κ2) is 6.70. The number of piperazine rings is 1. The van der Waals surface area contributed by atoms with Crippen molar-refractivity contribution < 1.29 is 4.39 Å². The second-order valence-corrected chi connectivity index (χ2v) is 5.45. The van der Waals surface area contributed by atoms with Gasteiger partial charge in [-0.1, -0.05) is 12.2 Å². The van der Waals surface area contributed by atoms with Crippen LogP contribution in [-0.2, 0) is 0 Å². The molecule has 1 aliphatic heterocycles. The van der Waals surface area contributed by atoms with Crippen molar-refractivity contribution in [3.8, 4) is 0 Å². The predicted octanol–water partition coefficient (Wildman–Crippen LogP) is 2.40. The molecule has 0 aliphatic carbocycles. The first kappa shape index (κ1) is 14.8. The van der Waals surface area contributed by atoms with Gasteiger partial charge in [0.25, 0.3) is 0 Å². The second-order valence-electron chi connectivity index (χ2n) is 5.07. The lowest BCUT2D eigenvalue weighted by Gasteiger charge is -2.37. The van der Waals surface area contributed by atoms with Crippen LogP contribution >= 0.6 is 12.2 Å². The predicted molar refractivity (Wildman–Crippen MR) is 85.6 cm³/mol. The van der Waals surface area contributed by atoms with Gasteiger partial charge in [0.1, 0.15) is 5.82 Å². The summed E-state index contributed by atoms with van der Waals surface area (Å²) in [6, 6.07) is 6.65. The monoisotopic (exact) mass is 293 g/mol. The van der Waals surface area contributed by atoms with E-state index in [2.05, 4.69) is 21.7 Å². The molecule has 1 aliphatic rings. The lowest BCUT2D eigenvalue weighted by molar-refractivity contribution is 0.381.